The second-order valence-electron chi connectivity index (χ2n) is 6.26. The van der Waals surface area contributed by atoms with Gasteiger partial charge in [0, 0.05) is 22.5 Å². The summed E-state index contributed by atoms with van der Waals surface area (Å²) >= 11 is 18.3. The van der Waals surface area contributed by atoms with Gasteiger partial charge in [-0.05, 0) is 55.8 Å². The van der Waals surface area contributed by atoms with E-state index in [4.69, 9.17) is 34.8 Å². The van der Waals surface area contributed by atoms with Crippen LogP contribution in [0.2, 0.25) is 15.1 Å². The standard InChI is InChI=1S/C19H19Cl3N2O/c20-15-5-6-17(22)18(11-15)23-19(25)13-7-9-24(10-8-13)12-14-3-1-2-4-16(14)21/h1-6,11,13H,7-10,12H2,(H,23,25). The number of rotatable bonds is 4. The Kier molecular flexibility index (Phi) is 6.24. The van der Waals surface area contributed by atoms with Crippen LogP contribution in [0, 0.1) is 5.92 Å². The quantitative estimate of drug-likeness (QED) is 0.739. The molecule has 0 spiro atoms. The van der Waals surface area contributed by atoms with Crippen molar-refractivity contribution in [2.75, 3.05) is 18.4 Å². The van der Waals surface area contributed by atoms with Crippen molar-refractivity contribution in [3.05, 3.63) is 63.1 Å². The van der Waals surface area contributed by atoms with Gasteiger partial charge in [0.2, 0.25) is 5.91 Å². The van der Waals surface area contributed by atoms with E-state index in [0.717, 1.165) is 43.1 Å². The van der Waals surface area contributed by atoms with Gasteiger partial charge in [-0.1, -0.05) is 53.0 Å². The fraction of sp³-hybridized carbons (Fsp3) is 0.316. The molecule has 132 valence electrons. The first-order valence-corrected chi connectivity index (χ1v) is 9.38. The minimum absolute atomic E-state index is 0.00144. The number of nitrogens with zero attached hydrogens (tertiary/aromatic N) is 1. The largest absolute Gasteiger partial charge is 0.324 e. The number of hydrogen-bond donors (Lipinski definition) is 1. The smallest absolute Gasteiger partial charge is 0.227 e. The Morgan fingerprint density at radius 3 is 2.48 bits per heavy atom. The Bertz CT molecular complexity index is 758. The fourth-order valence-corrected chi connectivity index (χ4v) is 3.58. The van der Waals surface area contributed by atoms with Crippen LogP contribution < -0.4 is 5.32 Å². The highest BCUT2D eigenvalue weighted by Gasteiger charge is 2.25. The summed E-state index contributed by atoms with van der Waals surface area (Å²) in [5, 5.41) is 4.73. The van der Waals surface area contributed by atoms with Crippen molar-refractivity contribution >= 4 is 46.4 Å². The first-order chi connectivity index (χ1) is 12.0. The molecule has 1 heterocycles. The van der Waals surface area contributed by atoms with Gasteiger partial charge in [0.25, 0.3) is 0 Å². The predicted octanol–water partition coefficient (Wildman–Crippen LogP) is 5.50. The number of likely N-dealkylation sites (tertiary alicyclic amines) is 1. The molecule has 0 bridgehead atoms. The number of anilines is 1. The Morgan fingerprint density at radius 2 is 1.76 bits per heavy atom. The van der Waals surface area contributed by atoms with Gasteiger partial charge in [-0.15, -0.1) is 0 Å². The summed E-state index contributed by atoms with van der Waals surface area (Å²) in [5.41, 5.74) is 1.69. The summed E-state index contributed by atoms with van der Waals surface area (Å²) in [7, 11) is 0. The van der Waals surface area contributed by atoms with Gasteiger partial charge in [0.1, 0.15) is 0 Å². The molecule has 25 heavy (non-hydrogen) atoms. The van der Waals surface area contributed by atoms with Crippen molar-refractivity contribution in [3.8, 4) is 0 Å². The van der Waals surface area contributed by atoms with Crippen molar-refractivity contribution in [1.82, 2.24) is 4.90 Å². The molecule has 1 fully saturated rings. The summed E-state index contributed by atoms with van der Waals surface area (Å²) < 4.78 is 0. The summed E-state index contributed by atoms with van der Waals surface area (Å²) in [5.74, 6) is -0.0147. The number of carbonyl (C=O) groups is 1. The van der Waals surface area contributed by atoms with Gasteiger partial charge in [-0.2, -0.15) is 0 Å². The number of nitrogens with one attached hydrogen (secondary N) is 1. The fourth-order valence-electron chi connectivity index (χ4n) is 3.05. The highest BCUT2D eigenvalue weighted by Crippen LogP contribution is 2.28. The lowest BCUT2D eigenvalue weighted by Gasteiger charge is -2.31. The number of benzene rings is 2. The van der Waals surface area contributed by atoms with Gasteiger partial charge in [-0.25, -0.2) is 0 Å². The molecule has 0 aliphatic carbocycles. The zero-order valence-corrected chi connectivity index (χ0v) is 15.9. The number of piperidine rings is 1. The van der Waals surface area contributed by atoms with E-state index in [2.05, 4.69) is 10.2 Å². The van der Waals surface area contributed by atoms with E-state index in [1.165, 1.54) is 0 Å². The average Bonchev–Trinajstić information content (AvgIpc) is 2.61. The van der Waals surface area contributed by atoms with Crippen LogP contribution in [0.25, 0.3) is 0 Å². The molecule has 0 atom stereocenters. The molecule has 6 heteroatoms. The molecule has 1 aliphatic heterocycles. The normalized spacial score (nSPS) is 16.0. The van der Waals surface area contributed by atoms with Crippen LogP contribution in [0.1, 0.15) is 18.4 Å². The van der Waals surface area contributed by atoms with E-state index in [-0.39, 0.29) is 11.8 Å². The average molecular weight is 398 g/mol. The maximum absolute atomic E-state index is 12.5. The molecule has 1 aliphatic rings. The van der Waals surface area contributed by atoms with Crippen molar-refractivity contribution in [3.63, 3.8) is 0 Å². The monoisotopic (exact) mass is 396 g/mol. The van der Waals surface area contributed by atoms with Crippen LogP contribution in [0.3, 0.4) is 0 Å². The van der Waals surface area contributed by atoms with Crippen LogP contribution in [-0.4, -0.2) is 23.9 Å². The van der Waals surface area contributed by atoms with Crippen molar-refractivity contribution in [2.24, 2.45) is 5.92 Å². The van der Waals surface area contributed by atoms with Crippen molar-refractivity contribution in [1.29, 1.82) is 0 Å². The van der Waals surface area contributed by atoms with E-state index < -0.39 is 0 Å². The Morgan fingerprint density at radius 1 is 1.04 bits per heavy atom. The summed E-state index contributed by atoms with van der Waals surface area (Å²) in [6.07, 6.45) is 1.63. The van der Waals surface area contributed by atoms with Gasteiger partial charge in [0.15, 0.2) is 0 Å². The van der Waals surface area contributed by atoms with E-state index in [1.54, 1.807) is 18.2 Å². The molecule has 3 nitrogen and oxygen atoms in total. The van der Waals surface area contributed by atoms with Crippen LogP contribution >= 0.6 is 34.8 Å². The van der Waals surface area contributed by atoms with Gasteiger partial charge >= 0.3 is 0 Å². The maximum atomic E-state index is 12.5. The van der Waals surface area contributed by atoms with Crippen LogP contribution in [0.15, 0.2) is 42.5 Å². The molecule has 1 amide bonds. The molecule has 1 N–H and O–H groups in total. The van der Waals surface area contributed by atoms with Crippen molar-refractivity contribution < 1.29 is 4.79 Å². The van der Waals surface area contributed by atoms with E-state index in [9.17, 15) is 4.79 Å². The lowest BCUT2D eigenvalue weighted by Crippen LogP contribution is -2.37. The molecule has 2 aromatic carbocycles. The Labute approximate surface area is 162 Å². The molecule has 1 saturated heterocycles. The summed E-state index contributed by atoms with van der Waals surface area (Å²) in [6.45, 7) is 2.55. The van der Waals surface area contributed by atoms with Gasteiger partial charge in [0.05, 0.1) is 10.7 Å². The zero-order chi connectivity index (χ0) is 17.8. The SMILES string of the molecule is O=C(Nc1cc(Cl)ccc1Cl)C1CCN(Cc2ccccc2Cl)CC1. The minimum atomic E-state index is -0.0162. The topological polar surface area (TPSA) is 32.3 Å². The predicted molar refractivity (Wildman–Crippen MR) is 105 cm³/mol. The number of carbonyl (C=O) groups excluding carboxylic acids is 1. The van der Waals surface area contributed by atoms with Crippen molar-refractivity contribution in [2.45, 2.75) is 19.4 Å². The summed E-state index contributed by atoms with van der Waals surface area (Å²) in [6, 6.07) is 12.9. The molecule has 3 rings (SSSR count). The highest BCUT2D eigenvalue weighted by atomic mass is 35.5. The number of hydrogen-bond acceptors (Lipinski definition) is 2. The molecular formula is C19H19Cl3N2O. The first-order valence-electron chi connectivity index (χ1n) is 8.24. The van der Waals surface area contributed by atoms with Gasteiger partial charge < -0.3 is 5.32 Å². The maximum Gasteiger partial charge on any atom is 0.227 e. The third kappa shape index (κ3) is 4.89. The van der Waals surface area contributed by atoms with E-state index in [0.29, 0.717) is 15.7 Å². The molecule has 0 aromatic heterocycles. The van der Waals surface area contributed by atoms with Gasteiger partial charge in [-0.3, -0.25) is 9.69 Å². The third-order valence-corrected chi connectivity index (χ3v) is 5.43. The second kappa shape index (κ2) is 8.41. The number of amides is 1. The molecule has 2 aromatic rings. The van der Waals surface area contributed by atoms with E-state index in [1.807, 2.05) is 24.3 Å². The Hall–Kier alpha value is -1.26. The minimum Gasteiger partial charge on any atom is -0.324 e. The Balaban J connectivity index is 1.54. The molecule has 0 saturated carbocycles. The molecule has 0 radical (unpaired) electrons. The zero-order valence-electron chi connectivity index (χ0n) is 13.6. The second-order valence-corrected chi connectivity index (χ2v) is 7.51. The first kappa shape index (κ1) is 18.5. The lowest BCUT2D eigenvalue weighted by molar-refractivity contribution is -0.121. The van der Waals surface area contributed by atoms with Crippen LogP contribution in [0.5, 0.6) is 0 Å². The highest BCUT2D eigenvalue weighted by molar-refractivity contribution is 6.35. The van der Waals surface area contributed by atoms with E-state index >= 15 is 0 Å². The molecular weight excluding hydrogens is 379 g/mol. The lowest BCUT2D eigenvalue weighted by atomic mass is 9.95. The third-order valence-electron chi connectivity index (χ3n) is 4.50. The van der Waals surface area contributed by atoms with Crippen LogP contribution in [0.4, 0.5) is 5.69 Å². The number of halogens is 3. The summed E-state index contributed by atoms with van der Waals surface area (Å²) in [4.78, 5) is 14.8. The molecule has 0 unspecified atom stereocenters. The van der Waals surface area contributed by atoms with Crippen LogP contribution in [-0.2, 0) is 11.3 Å².